The molecular formula is C17H27N3O. The highest BCUT2D eigenvalue weighted by molar-refractivity contribution is 5.89. The molecular weight excluding hydrogens is 262 g/mol. The lowest BCUT2D eigenvalue weighted by Crippen LogP contribution is -2.35. The standard InChI is InChI=1S/C17H27N3O/c1-13(18)15-8-10-16(11-9-15)19-17(21)20(2)12-14-6-4-3-5-7-14/h8-11,13-14H,3-7,12,18H2,1-2H3,(H,19,21). The van der Waals surface area contributed by atoms with Gasteiger partial charge in [-0.15, -0.1) is 0 Å². The van der Waals surface area contributed by atoms with Crippen LogP contribution in [0.3, 0.4) is 0 Å². The van der Waals surface area contributed by atoms with Crippen molar-refractivity contribution < 1.29 is 4.79 Å². The number of hydrogen-bond donors (Lipinski definition) is 2. The zero-order valence-corrected chi connectivity index (χ0v) is 13.1. The Bertz CT molecular complexity index is 450. The highest BCUT2D eigenvalue weighted by Gasteiger charge is 2.18. The molecule has 4 nitrogen and oxygen atoms in total. The second-order valence-electron chi connectivity index (χ2n) is 6.23. The number of rotatable bonds is 4. The lowest BCUT2D eigenvalue weighted by Gasteiger charge is -2.27. The summed E-state index contributed by atoms with van der Waals surface area (Å²) in [6, 6.07) is 7.72. The van der Waals surface area contributed by atoms with E-state index in [1.807, 2.05) is 38.2 Å². The van der Waals surface area contributed by atoms with Crippen molar-refractivity contribution in [3.63, 3.8) is 0 Å². The third kappa shape index (κ3) is 4.74. The molecule has 1 aliphatic rings. The van der Waals surface area contributed by atoms with E-state index < -0.39 is 0 Å². The van der Waals surface area contributed by atoms with Crippen LogP contribution in [0, 0.1) is 5.92 Å². The number of carbonyl (C=O) groups is 1. The molecule has 1 unspecified atom stereocenters. The summed E-state index contributed by atoms with van der Waals surface area (Å²) in [5.74, 6) is 0.662. The summed E-state index contributed by atoms with van der Waals surface area (Å²) < 4.78 is 0. The summed E-state index contributed by atoms with van der Waals surface area (Å²) in [6.07, 6.45) is 6.46. The second kappa shape index (κ2) is 7.46. The molecule has 21 heavy (non-hydrogen) atoms. The Morgan fingerprint density at radius 2 is 1.90 bits per heavy atom. The van der Waals surface area contributed by atoms with Crippen LogP contribution in [0.4, 0.5) is 10.5 Å². The Labute approximate surface area is 127 Å². The smallest absolute Gasteiger partial charge is 0.321 e. The van der Waals surface area contributed by atoms with Gasteiger partial charge in [-0.1, -0.05) is 31.4 Å². The molecule has 0 saturated heterocycles. The Kier molecular flexibility index (Phi) is 5.62. The van der Waals surface area contributed by atoms with Crippen molar-refractivity contribution in [1.82, 2.24) is 4.90 Å². The molecule has 2 rings (SSSR count). The van der Waals surface area contributed by atoms with Crippen LogP contribution in [-0.2, 0) is 0 Å². The fraction of sp³-hybridized carbons (Fsp3) is 0.588. The fourth-order valence-corrected chi connectivity index (χ4v) is 2.93. The van der Waals surface area contributed by atoms with Crippen molar-refractivity contribution in [1.29, 1.82) is 0 Å². The molecule has 0 heterocycles. The molecule has 1 atom stereocenters. The number of nitrogens with one attached hydrogen (secondary N) is 1. The molecule has 0 aliphatic heterocycles. The van der Waals surface area contributed by atoms with E-state index in [1.165, 1.54) is 32.1 Å². The van der Waals surface area contributed by atoms with Crippen LogP contribution >= 0.6 is 0 Å². The highest BCUT2D eigenvalue weighted by atomic mass is 16.2. The van der Waals surface area contributed by atoms with Gasteiger partial charge in [-0.3, -0.25) is 0 Å². The first kappa shape index (κ1) is 15.8. The number of hydrogen-bond acceptors (Lipinski definition) is 2. The zero-order valence-electron chi connectivity index (χ0n) is 13.1. The molecule has 116 valence electrons. The molecule has 1 fully saturated rings. The van der Waals surface area contributed by atoms with E-state index >= 15 is 0 Å². The minimum Gasteiger partial charge on any atom is -0.327 e. The number of nitrogens with two attached hydrogens (primary N) is 1. The van der Waals surface area contributed by atoms with E-state index in [9.17, 15) is 4.79 Å². The van der Waals surface area contributed by atoms with Crippen LogP contribution in [-0.4, -0.2) is 24.5 Å². The minimum atomic E-state index is -0.0332. The van der Waals surface area contributed by atoms with E-state index in [2.05, 4.69) is 5.32 Å². The monoisotopic (exact) mass is 289 g/mol. The first-order valence-electron chi connectivity index (χ1n) is 7.94. The van der Waals surface area contributed by atoms with Gasteiger partial charge in [0.15, 0.2) is 0 Å². The highest BCUT2D eigenvalue weighted by Crippen LogP contribution is 2.24. The van der Waals surface area contributed by atoms with Gasteiger partial charge in [0.25, 0.3) is 0 Å². The maximum atomic E-state index is 12.2. The third-order valence-corrected chi connectivity index (χ3v) is 4.29. The SMILES string of the molecule is CC(N)c1ccc(NC(=O)N(C)CC2CCCCC2)cc1. The summed E-state index contributed by atoms with van der Waals surface area (Å²) in [5.41, 5.74) is 7.71. The predicted molar refractivity (Wildman–Crippen MR) is 87.3 cm³/mol. The van der Waals surface area contributed by atoms with Crippen molar-refractivity contribution in [2.24, 2.45) is 11.7 Å². The number of nitrogens with zero attached hydrogens (tertiary/aromatic N) is 1. The molecule has 0 aromatic heterocycles. The van der Waals surface area contributed by atoms with Crippen molar-refractivity contribution in [2.45, 2.75) is 45.1 Å². The summed E-state index contributed by atoms with van der Waals surface area (Å²) >= 11 is 0. The normalized spacial score (nSPS) is 17.3. The van der Waals surface area contributed by atoms with Gasteiger partial charge in [0, 0.05) is 25.3 Å². The first-order valence-corrected chi connectivity index (χ1v) is 7.94. The average Bonchev–Trinajstić information content (AvgIpc) is 2.48. The molecule has 1 aromatic carbocycles. The van der Waals surface area contributed by atoms with Crippen molar-refractivity contribution in [3.8, 4) is 0 Å². The van der Waals surface area contributed by atoms with E-state index in [1.54, 1.807) is 4.90 Å². The first-order chi connectivity index (χ1) is 10.1. The van der Waals surface area contributed by atoms with Gasteiger partial charge < -0.3 is 16.0 Å². The van der Waals surface area contributed by atoms with Gasteiger partial charge in [-0.2, -0.15) is 0 Å². The van der Waals surface area contributed by atoms with Crippen molar-refractivity contribution >= 4 is 11.7 Å². The molecule has 0 bridgehead atoms. The largest absolute Gasteiger partial charge is 0.327 e. The van der Waals surface area contributed by atoms with Crippen LogP contribution in [0.15, 0.2) is 24.3 Å². The Morgan fingerprint density at radius 3 is 2.48 bits per heavy atom. The number of benzene rings is 1. The van der Waals surface area contributed by atoms with Crippen LogP contribution < -0.4 is 11.1 Å². The molecule has 4 heteroatoms. The minimum absolute atomic E-state index is 0.0173. The van der Waals surface area contributed by atoms with Crippen molar-refractivity contribution in [3.05, 3.63) is 29.8 Å². The van der Waals surface area contributed by atoms with Gasteiger partial charge in [0.05, 0.1) is 0 Å². The summed E-state index contributed by atoms with van der Waals surface area (Å²) in [4.78, 5) is 14.0. The zero-order chi connectivity index (χ0) is 15.2. The third-order valence-electron chi connectivity index (χ3n) is 4.29. The topological polar surface area (TPSA) is 58.4 Å². The predicted octanol–water partition coefficient (Wildman–Crippen LogP) is 3.75. The molecule has 3 N–H and O–H groups in total. The maximum Gasteiger partial charge on any atom is 0.321 e. The number of carbonyl (C=O) groups excluding carboxylic acids is 1. The molecule has 2 amide bonds. The van der Waals surface area contributed by atoms with Gasteiger partial charge in [0.1, 0.15) is 0 Å². The lowest BCUT2D eigenvalue weighted by molar-refractivity contribution is 0.205. The van der Waals surface area contributed by atoms with Crippen LogP contribution in [0.2, 0.25) is 0 Å². The van der Waals surface area contributed by atoms with Crippen LogP contribution in [0.1, 0.15) is 50.6 Å². The summed E-state index contributed by atoms with van der Waals surface area (Å²) in [6.45, 7) is 2.80. The molecule has 0 spiro atoms. The van der Waals surface area contributed by atoms with E-state index in [0.717, 1.165) is 17.8 Å². The van der Waals surface area contributed by atoms with Gasteiger partial charge in [-0.25, -0.2) is 4.79 Å². The summed E-state index contributed by atoms with van der Waals surface area (Å²) in [5, 5.41) is 2.94. The number of amides is 2. The number of anilines is 1. The van der Waals surface area contributed by atoms with Gasteiger partial charge >= 0.3 is 6.03 Å². The molecule has 0 radical (unpaired) electrons. The Morgan fingerprint density at radius 1 is 1.29 bits per heavy atom. The average molecular weight is 289 g/mol. The molecule has 1 saturated carbocycles. The fourth-order valence-electron chi connectivity index (χ4n) is 2.93. The number of urea groups is 1. The Hall–Kier alpha value is -1.55. The second-order valence-corrected chi connectivity index (χ2v) is 6.23. The van der Waals surface area contributed by atoms with E-state index in [-0.39, 0.29) is 12.1 Å². The summed E-state index contributed by atoms with van der Waals surface area (Å²) in [7, 11) is 1.88. The molecule has 1 aromatic rings. The molecule has 1 aliphatic carbocycles. The van der Waals surface area contributed by atoms with E-state index in [0.29, 0.717) is 5.92 Å². The van der Waals surface area contributed by atoms with Crippen molar-refractivity contribution in [2.75, 3.05) is 18.9 Å². The van der Waals surface area contributed by atoms with E-state index in [4.69, 9.17) is 5.73 Å². The van der Waals surface area contributed by atoms with Crippen LogP contribution in [0.25, 0.3) is 0 Å². The quantitative estimate of drug-likeness (QED) is 0.887. The maximum absolute atomic E-state index is 12.2. The Balaban J connectivity index is 1.84. The van der Waals surface area contributed by atoms with Crippen LogP contribution in [0.5, 0.6) is 0 Å². The van der Waals surface area contributed by atoms with Gasteiger partial charge in [-0.05, 0) is 43.4 Å². The van der Waals surface area contributed by atoms with Gasteiger partial charge in [0.2, 0.25) is 0 Å². The lowest BCUT2D eigenvalue weighted by atomic mass is 9.89.